The Bertz CT molecular complexity index is 1230. The van der Waals surface area contributed by atoms with Gasteiger partial charge in [0.1, 0.15) is 5.75 Å². The predicted molar refractivity (Wildman–Crippen MR) is 138 cm³/mol. The van der Waals surface area contributed by atoms with Crippen LogP contribution in [0.3, 0.4) is 0 Å². The van der Waals surface area contributed by atoms with Gasteiger partial charge in [0.2, 0.25) is 5.91 Å². The third-order valence-corrected chi connectivity index (χ3v) is 6.42. The normalized spacial score (nSPS) is 12.1. The number of nitro groups is 1. The molecule has 3 aromatic rings. The summed E-state index contributed by atoms with van der Waals surface area (Å²) in [6, 6.07) is 12.2. The molecule has 3 rings (SSSR count). The molecule has 0 saturated heterocycles. The lowest BCUT2D eigenvalue weighted by atomic mass is 9.87. The summed E-state index contributed by atoms with van der Waals surface area (Å²) < 4.78 is 7.13. The summed E-state index contributed by atoms with van der Waals surface area (Å²) in [7, 11) is 1.43. The summed E-state index contributed by atoms with van der Waals surface area (Å²) in [5.74, 6) is 0.663. The smallest absolute Gasteiger partial charge is 0.271 e. The number of carbonyl (C=O) groups is 1. The monoisotopic (exact) mass is 495 g/mol. The Kier molecular flexibility index (Phi) is 7.96. The van der Waals surface area contributed by atoms with E-state index in [1.807, 2.05) is 16.7 Å². The summed E-state index contributed by atoms with van der Waals surface area (Å²) in [6.07, 6.45) is 1.75. The molecule has 0 spiro atoms. The molecule has 184 valence electrons. The highest BCUT2D eigenvalue weighted by Gasteiger charge is 2.23. The molecule has 1 unspecified atom stereocenters. The number of aromatic nitrogens is 3. The maximum atomic E-state index is 12.9. The van der Waals surface area contributed by atoms with E-state index in [1.165, 1.54) is 42.6 Å². The Morgan fingerprint density at radius 3 is 2.51 bits per heavy atom. The van der Waals surface area contributed by atoms with Gasteiger partial charge in [0.15, 0.2) is 11.0 Å². The Morgan fingerprint density at radius 2 is 1.94 bits per heavy atom. The number of carbonyl (C=O) groups excluding carboxylic acids is 1. The second kappa shape index (κ2) is 10.7. The van der Waals surface area contributed by atoms with Crippen LogP contribution in [0.25, 0.3) is 11.4 Å². The Labute approximate surface area is 208 Å². The standard InChI is InChI=1S/C25H29N5O4S/c1-7-14-29-22(17-8-10-18(11-9-17)25(3,4)5)27-28-24(29)35-16(2)23(31)26-20-15-19(30(32)33)12-13-21(20)34-6/h7-13,15-16H,1,14H2,2-6H3,(H,26,31). The average molecular weight is 496 g/mol. The van der Waals surface area contributed by atoms with Crippen LogP contribution in [-0.2, 0) is 16.8 Å². The zero-order chi connectivity index (χ0) is 25.8. The molecule has 0 aliphatic heterocycles. The molecule has 0 fully saturated rings. The molecule has 0 radical (unpaired) electrons. The SMILES string of the molecule is C=CCn1c(SC(C)C(=O)Nc2cc([N+](=O)[O-])ccc2OC)nnc1-c1ccc(C(C)(C)C)cc1. The molecule has 1 amide bonds. The quantitative estimate of drug-likeness (QED) is 0.181. The average Bonchev–Trinajstić information content (AvgIpc) is 3.20. The lowest BCUT2D eigenvalue weighted by molar-refractivity contribution is -0.384. The molecule has 1 aromatic heterocycles. The van der Waals surface area contributed by atoms with Gasteiger partial charge in [0.25, 0.3) is 5.69 Å². The number of thioether (sulfide) groups is 1. The lowest BCUT2D eigenvalue weighted by Crippen LogP contribution is -2.23. The van der Waals surface area contributed by atoms with E-state index in [9.17, 15) is 14.9 Å². The van der Waals surface area contributed by atoms with Crippen LogP contribution in [0.4, 0.5) is 11.4 Å². The number of benzene rings is 2. The van der Waals surface area contributed by atoms with Crippen LogP contribution in [0.2, 0.25) is 0 Å². The van der Waals surface area contributed by atoms with Crippen molar-refractivity contribution in [1.82, 2.24) is 14.8 Å². The Morgan fingerprint density at radius 1 is 1.26 bits per heavy atom. The highest BCUT2D eigenvalue weighted by Crippen LogP contribution is 2.32. The first-order chi connectivity index (χ1) is 16.5. The van der Waals surface area contributed by atoms with E-state index < -0.39 is 10.2 Å². The van der Waals surface area contributed by atoms with Crippen molar-refractivity contribution >= 4 is 29.0 Å². The Hall–Kier alpha value is -3.66. The number of anilines is 1. The minimum absolute atomic E-state index is 0.0407. The van der Waals surface area contributed by atoms with Crippen LogP contribution in [0.5, 0.6) is 5.75 Å². The summed E-state index contributed by atoms with van der Waals surface area (Å²) in [6.45, 7) is 12.5. The molecule has 1 N–H and O–H groups in total. The third-order valence-electron chi connectivity index (χ3n) is 5.34. The minimum atomic E-state index is -0.567. The maximum Gasteiger partial charge on any atom is 0.271 e. The molecule has 0 bridgehead atoms. The first-order valence-corrected chi connectivity index (χ1v) is 11.9. The van der Waals surface area contributed by atoms with Gasteiger partial charge in [-0.25, -0.2) is 0 Å². The summed E-state index contributed by atoms with van der Waals surface area (Å²) in [5, 5.41) is 22.5. The highest BCUT2D eigenvalue weighted by molar-refractivity contribution is 8.00. The van der Waals surface area contributed by atoms with Crippen molar-refractivity contribution in [1.29, 1.82) is 0 Å². The number of nitro benzene ring substituents is 1. The van der Waals surface area contributed by atoms with Crippen LogP contribution in [0, 0.1) is 10.1 Å². The van der Waals surface area contributed by atoms with Crippen molar-refractivity contribution < 1.29 is 14.5 Å². The number of amides is 1. The number of non-ortho nitro benzene ring substituents is 1. The largest absolute Gasteiger partial charge is 0.495 e. The van der Waals surface area contributed by atoms with Crippen molar-refractivity contribution in [3.63, 3.8) is 0 Å². The van der Waals surface area contributed by atoms with Gasteiger partial charge in [0.05, 0.1) is 23.0 Å². The van der Waals surface area contributed by atoms with Crippen molar-refractivity contribution in [3.05, 3.63) is 70.8 Å². The van der Waals surface area contributed by atoms with E-state index >= 15 is 0 Å². The number of ether oxygens (including phenoxy) is 1. The summed E-state index contributed by atoms with van der Waals surface area (Å²) in [5.41, 5.74) is 2.25. The molecule has 1 atom stereocenters. The predicted octanol–water partition coefficient (Wildman–Crippen LogP) is 5.46. The fourth-order valence-electron chi connectivity index (χ4n) is 3.36. The lowest BCUT2D eigenvalue weighted by Gasteiger charge is -2.19. The fraction of sp³-hybridized carbons (Fsp3) is 0.320. The zero-order valence-corrected chi connectivity index (χ0v) is 21.3. The molecule has 10 heteroatoms. The number of allylic oxidation sites excluding steroid dienone is 1. The Balaban J connectivity index is 1.82. The minimum Gasteiger partial charge on any atom is -0.495 e. The second-order valence-electron chi connectivity index (χ2n) is 8.92. The molecular weight excluding hydrogens is 466 g/mol. The van der Waals surface area contributed by atoms with Gasteiger partial charge in [0, 0.05) is 24.2 Å². The van der Waals surface area contributed by atoms with Crippen LogP contribution in [0.1, 0.15) is 33.3 Å². The van der Waals surface area contributed by atoms with E-state index in [1.54, 1.807) is 13.0 Å². The number of nitrogens with one attached hydrogen (secondary N) is 1. The first kappa shape index (κ1) is 26.0. The molecule has 35 heavy (non-hydrogen) atoms. The summed E-state index contributed by atoms with van der Waals surface area (Å²) >= 11 is 1.24. The zero-order valence-electron chi connectivity index (χ0n) is 20.4. The first-order valence-electron chi connectivity index (χ1n) is 11.0. The molecule has 0 aliphatic rings. The fourth-order valence-corrected chi connectivity index (χ4v) is 4.21. The number of hydrogen-bond acceptors (Lipinski definition) is 7. The van der Waals surface area contributed by atoms with E-state index in [-0.39, 0.29) is 22.7 Å². The van der Waals surface area contributed by atoms with Gasteiger partial charge in [-0.2, -0.15) is 0 Å². The van der Waals surface area contributed by atoms with Gasteiger partial charge in [-0.15, -0.1) is 16.8 Å². The van der Waals surface area contributed by atoms with Crippen LogP contribution < -0.4 is 10.1 Å². The molecule has 9 nitrogen and oxygen atoms in total. The van der Waals surface area contributed by atoms with Crippen molar-refractivity contribution in [3.8, 4) is 17.1 Å². The molecule has 1 heterocycles. The van der Waals surface area contributed by atoms with Gasteiger partial charge in [-0.3, -0.25) is 19.5 Å². The van der Waals surface area contributed by atoms with Crippen LogP contribution >= 0.6 is 11.8 Å². The van der Waals surface area contributed by atoms with Gasteiger partial charge < -0.3 is 10.1 Å². The van der Waals surface area contributed by atoms with Crippen LogP contribution in [0.15, 0.2) is 60.3 Å². The van der Waals surface area contributed by atoms with Gasteiger partial charge >= 0.3 is 0 Å². The molecule has 0 saturated carbocycles. The number of methoxy groups -OCH3 is 1. The van der Waals surface area contributed by atoms with E-state index in [0.717, 1.165) is 5.56 Å². The van der Waals surface area contributed by atoms with E-state index in [4.69, 9.17) is 4.74 Å². The number of hydrogen-bond donors (Lipinski definition) is 1. The summed E-state index contributed by atoms with van der Waals surface area (Å²) in [4.78, 5) is 23.5. The van der Waals surface area contributed by atoms with Gasteiger partial charge in [-0.05, 0) is 24.0 Å². The molecule has 2 aromatic carbocycles. The molecular formula is C25H29N5O4S. The van der Waals surface area contributed by atoms with Crippen LogP contribution in [-0.4, -0.2) is 38.0 Å². The maximum absolute atomic E-state index is 12.9. The molecule has 0 aliphatic carbocycles. The number of rotatable bonds is 9. The van der Waals surface area contributed by atoms with Crippen molar-refractivity contribution in [2.45, 2.75) is 50.1 Å². The topological polar surface area (TPSA) is 112 Å². The third kappa shape index (κ3) is 6.07. The second-order valence-corrected chi connectivity index (χ2v) is 10.2. The number of nitrogens with zero attached hydrogens (tertiary/aromatic N) is 4. The van der Waals surface area contributed by atoms with Crippen molar-refractivity contribution in [2.75, 3.05) is 12.4 Å². The van der Waals surface area contributed by atoms with E-state index in [0.29, 0.717) is 23.3 Å². The van der Waals surface area contributed by atoms with Gasteiger partial charge in [-0.1, -0.05) is 62.9 Å². The van der Waals surface area contributed by atoms with Crippen molar-refractivity contribution in [2.24, 2.45) is 0 Å². The van der Waals surface area contributed by atoms with E-state index in [2.05, 4.69) is 55.0 Å². The highest BCUT2D eigenvalue weighted by atomic mass is 32.2.